The van der Waals surface area contributed by atoms with Gasteiger partial charge in [0.25, 0.3) is 0 Å². The molecule has 0 aliphatic carbocycles. The van der Waals surface area contributed by atoms with E-state index in [2.05, 4.69) is 5.32 Å². The monoisotopic (exact) mass is 797 g/mol. The first-order valence-electron chi connectivity index (χ1n) is 17.6. The first-order chi connectivity index (χ1) is 26.2. The van der Waals surface area contributed by atoms with Crippen molar-refractivity contribution in [1.29, 1.82) is 0 Å². The van der Waals surface area contributed by atoms with Crippen LogP contribution in [0.15, 0.2) is 30.3 Å². The van der Waals surface area contributed by atoms with Gasteiger partial charge in [0.05, 0.1) is 33.0 Å². The van der Waals surface area contributed by atoms with Gasteiger partial charge in [-0.25, -0.2) is 0 Å². The van der Waals surface area contributed by atoms with Crippen LogP contribution in [-0.2, 0) is 49.3 Å². The van der Waals surface area contributed by atoms with E-state index in [9.17, 15) is 66.1 Å². The molecule has 22 nitrogen and oxygen atoms in total. The van der Waals surface area contributed by atoms with Crippen LogP contribution in [0.5, 0.6) is 0 Å². The van der Waals surface area contributed by atoms with Crippen molar-refractivity contribution in [2.45, 2.75) is 136 Å². The van der Waals surface area contributed by atoms with Gasteiger partial charge in [-0.2, -0.15) is 0 Å². The van der Waals surface area contributed by atoms with Crippen molar-refractivity contribution in [3.8, 4) is 0 Å². The summed E-state index contributed by atoms with van der Waals surface area (Å²) in [5.74, 6) is -0.747. The normalized spacial score (nSPS) is 45.3. The topological polar surface area (TPSA) is 346 Å². The molecule has 1 aromatic carbocycles. The maximum absolute atomic E-state index is 12.3. The summed E-state index contributed by atoms with van der Waals surface area (Å²) in [4.78, 5) is 12.3. The zero-order valence-electron chi connectivity index (χ0n) is 29.5. The molecule has 5 rings (SSSR count). The van der Waals surface area contributed by atoms with Crippen molar-refractivity contribution in [2.75, 3.05) is 26.4 Å². The quantitative estimate of drug-likeness (QED) is 0.0831. The van der Waals surface area contributed by atoms with Gasteiger partial charge in [-0.05, 0) is 5.56 Å². The molecule has 8 unspecified atom stereocenters. The van der Waals surface area contributed by atoms with E-state index < -0.39 is 155 Å². The minimum Gasteiger partial charge on any atom is -0.394 e. The summed E-state index contributed by atoms with van der Waals surface area (Å²) < 4.78 is 45.4. The molecule has 4 heterocycles. The molecule has 22 heteroatoms. The number of carbonyl (C=O) groups is 1. The van der Waals surface area contributed by atoms with Crippen LogP contribution in [0.3, 0.4) is 0 Å². The summed E-state index contributed by atoms with van der Waals surface area (Å²) in [7, 11) is 0. The van der Waals surface area contributed by atoms with Crippen LogP contribution >= 0.6 is 0 Å². The average molecular weight is 798 g/mol. The SMILES string of the molecule is CC(=O)NC1[C@H](O[C@@H]2C(O)[C@H](O[C@@H]3C(CO)O[C@@H](OCc4ccccc4)C(O)[C@H]3O)OC(CO)[C@@H]2O)OC(CO)[C@@H](O[C@@H]2OC(CO)[C@H](O)[C@H](O)C2O)[C@@H]1O. The van der Waals surface area contributed by atoms with Crippen LogP contribution in [0, 0.1) is 0 Å². The molecule has 20 atom stereocenters. The summed E-state index contributed by atoms with van der Waals surface area (Å²) in [5, 5.41) is 129. The van der Waals surface area contributed by atoms with Gasteiger partial charge < -0.3 is 104 Å². The first-order valence-corrected chi connectivity index (χ1v) is 17.6. The summed E-state index contributed by atoms with van der Waals surface area (Å²) in [6, 6.07) is 7.22. The third-order valence-electron chi connectivity index (χ3n) is 9.84. The van der Waals surface area contributed by atoms with Gasteiger partial charge in [-0.1, -0.05) is 30.3 Å². The van der Waals surface area contributed by atoms with Crippen LogP contribution in [0.25, 0.3) is 0 Å². The van der Waals surface area contributed by atoms with Gasteiger partial charge in [-0.15, -0.1) is 0 Å². The molecule has 4 fully saturated rings. The third kappa shape index (κ3) is 9.78. The number of rotatable bonds is 14. The first kappa shape index (κ1) is 44.0. The smallest absolute Gasteiger partial charge is 0.217 e. The van der Waals surface area contributed by atoms with Gasteiger partial charge in [0.2, 0.25) is 5.91 Å². The van der Waals surface area contributed by atoms with Crippen LogP contribution in [0.2, 0.25) is 0 Å². The third-order valence-corrected chi connectivity index (χ3v) is 9.84. The summed E-state index contributed by atoms with van der Waals surface area (Å²) in [6.45, 7) is -2.30. The fourth-order valence-electron chi connectivity index (χ4n) is 6.82. The Balaban J connectivity index is 1.31. The molecule has 4 saturated heterocycles. The molecule has 13 N–H and O–H groups in total. The Morgan fingerprint density at radius 1 is 0.545 bits per heavy atom. The molecule has 0 saturated carbocycles. The second kappa shape index (κ2) is 19.6. The Morgan fingerprint density at radius 3 is 1.58 bits per heavy atom. The van der Waals surface area contributed by atoms with Crippen molar-refractivity contribution in [3.05, 3.63) is 35.9 Å². The molecule has 0 radical (unpaired) electrons. The van der Waals surface area contributed by atoms with E-state index in [-0.39, 0.29) is 6.61 Å². The highest BCUT2D eigenvalue weighted by atomic mass is 16.8. The highest BCUT2D eigenvalue weighted by molar-refractivity contribution is 5.73. The molecule has 0 bridgehead atoms. The zero-order valence-corrected chi connectivity index (χ0v) is 29.5. The van der Waals surface area contributed by atoms with E-state index in [0.717, 1.165) is 12.5 Å². The average Bonchev–Trinajstić information content (AvgIpc) is 3.18. The van der Waals surface area contributed by atoms with E-state index >= 15 is 0 Å². The van der Waals surface area contributed by atoms with Crippen LogP contribution < -0.4 is 5.32 Å². The van der Waals surface area contributed by atoms with Gasteiger partial charge in [0.1, 0.15) is 97.6 Å². The lowest BCUT2D eigenvalue weighted by Crippen LogP contribution is -2.69. The number of benzene rings is 1. The summed E-state index contributed by atoms with van der Waals surface area (Å²) in [5.41, 5.74) is 0.724. The Kier molecular flexibility index (Phi) is 15.6. The minimum atomic E-state index is -2.01. The zero-order chi connectivity index (χ0) is 40.1. The fraction of sp³-hybridized carbons (Fsp3) is 0.788. The number of nitrogens with one attached hydrogen (secondary N) is 1. The molecule has 314 valence electrons. The molecule has 4 aliphatic rings. The number of hydrogen-bond donors (Lipinski definition) is 13. The van der Waals surface area contributed by atoms with Gasteiger partial charge in [0, 0.05) is 6.92 Å². The molecular formula is C33H51NO21. The van der Waals surface area contributed by atoms with Crippen LogP contribution in [-0.4, -0.2) is 216 Å². The number of hydrogen-bond acceptors (Lipinski definition) is 21. The molecular weight excluding hydrogens is 746 g/mol. The number of amides is 1. The Hall–Kier alpha value is -2.11. The van der Waals surface area contributed by atoms with E-state index in [1.807, 2.05) is 0 Å². The van der Waals surface area contributed by atoms with Gasteiger partial charge >= 0.3 is 0 Å². The van der Waals surface area contributed by atoms with Crippen molar-refractivity contribution in [3.63, 3.8) is 0 Å². The number of ether oxygens (including phenoxy) is 8. The van der Waals surface area contributed by atoms with Crippen molar-refractivity contribution >= 4 is 5.91 Å². The second-order valence-corrected chi connectivity index (χ2v) is 13.7. The molecule has 4 aliphatic heterocycles. The van der Waals surface area contributed by atoms with Gasteiger partial charge in [-0.3, -0.25) is 4.79 Å². The van der Waals surface area contributed by atoms with Crippen LogP contribution in [0.4, 0.5) is 0 Å². The molecule has 1 aromatic rings. The Morgan fingerprint density at radius 2 is 1.02 bits per heavy atom. The predicted octanol–water partition coefficient (Wildman–Crippen LogP) is -7.38. The lowest BCUT2D eigenvalue weighted by Gasteiger charge is -2.50. The highest BCUT2D eigenvalue weighted by Gasteiger charge is 2.55. The van der Waals surface area contributed by atoms with Crippen molar-refractivity contribution in [1.82, 2.24) is 5.32 Å². The Bertz CT molecular complexity index is 1330. The van der Waals surface area contributed by atoms with Crippen molar-refractivity contribution in [2.24, 2.45) is 0 Å². The highest BCUT2D eigenvalue weighted by Crippen LogP contribution is 2.34. The molecule has 0 aromatic heterocycles. The standard InChI is InChI=1S/C33H51NO21/c1-12(39)34-18-21(42)27(53-32-24(45)22(43)19(40)14(7-35)49-32)16(9-37)51-30(18)55-29-20(41)15(8-36)50-33(26(29)47)54-28-17(10-38)52-31(25(46)23(28)44)48-11-13-5-3-2-4-6-13/h2-6,14-33,35-38,40-47H,7-11H2,1H3,(H,34,39)/t14?,15?,16?,17?,18?,19-,20-,21+,22-,23+,24?,25?,26?,27+,28+,29-,30-,31+,32-,33-/m0/s1. The van der Waals surface area contributed by atoms with E-state index in [1.54, 1.807) is 30.3 Å². The van der Waals surface area contributed by atoms with E-state index in [4.69, 9.17) is 37.9 Å². The van der Waals surface area contributed by atoms with Crippen LogP contribution in [0.1, 0.15) is 12.5 Å². The lowest BCUT2D eigenvalue weighted by molar-refractivity contribution is -0.381. The maximum Gasteiger partial charge on any atom is 0.217 e. The summed E-state index contributed by atoms with van der Waals surface area (Å²) >= 11 is 0. The van der Waals surface area contributed by atoms with E-state index in [1.165, 1.54) is 0 Å². The largest absolute Gasteiger partial charge is 0.394 e. The number of carbonyl (C=O) groups excluding carboxylic acids is 1. The van der Waals surface area contributed by atoms with E-state index in [0.29, 0.717) is 0 Å². The molecule has 1 amide bonds. The maximum atomic E-state index is 12.3. The second-order valence-electron chi connectivity index (χ2n) is 13.7. The number of aliphatic hydroxyl groups excluding tert-OH is 12. The lowest BCUT2D eigenvalue weighted by atomic mass is 9.94. The fourth-order valence-corrected chi connectivity index (χ4v) is 6.82. The molecule has 0 spiro atoms. The molecule has 55 heavy (non-hydrogen) atoms. The minimum absolute atomic E-state index is 0.0202. The predicted molar refractivity (Wildman–Crippen MR) is 174 cm³/mol. The van der Waals surface area contributed by atoms with Gasteiger partial charge in [0.15, 0.2) is 25.2 Å². The van der Waals surface area contributed by atoms with Crippen molar-refractivity contribution < 1.29 is 104 Å². The number of aliphatic hydroxyl groups is 12. The Labute approximate surface area is 313 Å². The summed E-state index contributed by atoms with van der Waals surface area (Å²) in [6.07, 6.45) is -32.6.